The maximum absolute atomic E-state index is 11.5. The number of aliphatic hydroxyl groups is 1. The number of carbonyl (C=O) groups is 1. The third kappa shape index (κ3) is 4.75. The van der Waals surface area contributed by atoms with E-state index in [1.807, 2.05) is 0 Å². The van der Waals surface area contributed by atoms with Gasteiger partial charge in [-0.1, -0.05) is 5.16 Å². The zero-order valence-corrected chi connectivity index (χ0v) is 10.8. The lowest BCUT2D eigenvalue weighted by Gasteiger charge is -2.06. The number of carbonyl (C=O) groups excluding carboxylic acids is 1. The van der Waals surface area contributed by atoms with Crippen LogP contribution in [0.25, 0.3) is 0 Å². The van der Waals surface area contributed by atoms with Crippen molar-refractivity contribution in [3.05, 3.63) is 16.5 Å². The Morgan fingerprint density at radius 3 is 2.88 bits per heavy atom. The van der Waals surface area contributed by atoms with Crippen molar-refractivity contribution in [3.8, 4) is 0 Å². The van der Waals surface area contributed by atoms with Crippen molar-refractivity contribution in [3.63, 3.8) is 0 Å². The number of hydrogen-bond donors (Lipinski definition) is 2. The Bertz CT molecular complexity index is 357. The standard InChI is InChI=1S/C11H17ClN2O3/c1-7(15)5-6-13-10(16)4-3-9-8(2)14-17-11(9)12/h7,15H,3-6H2,1-2H3,(H,13,16). The Hall–Kier alpha value is -1.07. The molecule has 1 unspecified atom stereocenters. The molecule has 1 aromatic heterocycles. The zero-order chi connectivity index (χ0) is 12.8. The second-order valence-electron chi connectivity index (χ2n) is 4.01. The van der Waals surface area contributed by atoms with Gasteiger partial charge in [-0.25, -0.2) is 0 Å². The number of hydrogen-bond acceptors (Lipinski definition) is 4. The van der Waals surface area contributed by atoms with E-state index in [-0.39, 0.29) is 11.1 Å². The molecular weight excluding hydrogens is 244 g/mol. The Morgan fingerprint density at radius 1 is 1.65 bits per heavy atom. The minimum Gasteiger partial charge on any atom is -0.393 e. The molecular formula is C11H17ClN2O3. The van der Waals surface area contributed by atoms with E-state index in [0.29, 0.717) is 31.5 Å². The molecule has 1 aromatic rings. The van der Waals surface area contributed by atoms with Gasteiger partial charge < -0.3 is 14.9 Å². The van der Waals surface area contributed by atoms with Crippen molar-refractivity contribution in [2.75, 3.05) is 6.54 Å². The highest BCUT2D eigenvalue weighted by Gasteiger charge is 2.12. The van der Waals surface area contributed by atoms with Crippen LogP contribution in [0.1, 0.15) is 31.0 Å². The average Bonchev–Trinajstić information content (AvgIpc) is 2.55. The van der Waals surface area contributed by atoms with Crippen LogP contribution in [0, 0.1) is 6.92 Å². The number of aryl methyl sites for hydroxylation is 1. The molecule has 1 heterocycles. The third-order valence-electron chi connectivity index (χ3n) is 2.42. The summed E-state index contributed by atoms with van der Waals surface area (Å²) in [5.74, 6) is -0.0673. The summed E-state index contributed by atoms with van der Waals surface area (Å²) < 4.78 is 4.79. The van der Waals surface area contributed by atoms with Crippen molar-refractivity contribution in [2.24, 2.45) is 0 Å². The number of nitrogens with zero attached hydrogens (tertiary/aromatic N) is 1. The molecule has 0 fully saturated rings. The molecule has 0 aliphatic carbocycles. The Kier molecular flexibility index (Phi) is 5.44. The van der Waals surface area contributed by atoms with E-state index >= 15 is 0 Å². The second-order valence-corrected chi connectivity index (χ2v) is 4.35. The fraction of sp³-hybridized carbons (Fsp3) is 0.636. The molecule has 1 atom stereocenters. The van der Waals surface area contributed by atoms with Crippen molar-refractivity contribution >= 4 is 17.5 Å². The highest BCUT2D eigenvalue weighted by atomic mass is 35.5. The highest BCUT2D eigenvalue weighted by Crippen LogP contribution is 2.20. The van der Waals surface area contributed by atoms with Gasteiger partial charge in [-0.05, 0) is 38.3 Å². The van der Waals surface area contributed by atoms with Gasteiger partial charge in [-0.15, -0.1) is 0 Å². The van der Waals surface area contributed by atoms with Crippen molar-refractivity contribution < 1.29 is 14.4 Å². The van der Waals surface area contributed by atoms with Crippen LogP contribution in [0.3, 0.4) is 0 Å². The molecule has 0 saturated carbocycles. The minimum absolute atomic E-state index is 0.0673. The molecule has 17 heavy (non-hydrogen) atoms. The number of rotatable bonds is 6. The molecule has 0 saturated heterocycles. The van der Waals surface area contributed by atoms with E-state index in [2.05, 4.69) is 10.5 Å². The zero-order valence-electron chi connectivity index (χ0n) is 9.99. The van der Waals surface area contributed by atoms with E-state index in [1.54, 1.807) is 13.8 Å². The molecule has 5 nitrogen and oxygen atoms in total. The summed E-state index contributed by atoms with van der Waals surface area (Å²) in [7, 11) is 0. The normalized spacial score (nSPS) is 12.5. The minimum atomic E-state index is -0.398. The summed E-state index contributed by atoms with van der Waals surface area (Å²) in [5, 5.41) is 15.7. The predicted octanol–water partition coefficient (Wildman–Crippen LogP) is 1.46. The molecule has 2 N–H and O–H groups in total. The summed E-state index contributed by atoms with van der Waals surface area (Å²) in [6, 6.07) is 0. The first kappa shape index (κ1) is 14.0. The molecule has 1 rings (SSSR count). The molecule has 0 bridgehead atoms. The van der Waals surface area contributed by atoms with E-state index < -0.39 is 6.10 Å². The van der Waals surface area contributed by atoms with Crippen molar-refractivity contribution in [1.82, 2.24) is 10.5 Å². The van der Waals surface area contributed by atoms with E-state index in [9.17, 15) is 4.79 Å². The van der Waals surface area contributed by atoms with Gasteiger partial charge in [0.2, 0.25) is 11.1 Å². The molecule has 96 valence electrons. The summed E-state index contributed by atoms with van der Waals surface area (Å²) in [5.41, 5.74) is 1.49. The number of nitrogens with one attached hydrogen (secondary N) is 1. The van der Waals surface area contributed by atoms with Gasteiger partial charge in [0.15, 0.2) is 0 Å². The summed E-state index contributed by atoms with van der Waals surface area (Å²) >= 11 is 5.78. The Balaban J connectivity index is 2.29. The van der Waals surface area contributed by atoms with Crippen LogP contribution in [0.15, 0.2) is 4.52 Å². The van der Waals surface area contributed by atoms with Crippen molar-refractivity contribution in [1.29, 1.82) is 0 Å². The van der Waals surface area contributed by atoms with Crippen LogP contribution in [0.5, 0.6) is 0 Å². The maximum Gasteiger partial charge on any atom is 0.229 e. The van der Waals surface area contributed by atoms with Crippen LogP contribution in [0.2, 0.25) is 5.22 Å². The fourth-order valence-electron chi connectivity index (χ4n) is 1.39. The quantitative estimate of drug-likeness (QED) is 0.812. The average molecular weight is 261 g/mol. The fourth-order valence-corrected chi connectivity index (χ4v) is 1.65. The first-order valence-electron chi connectivity index (χ1n) is 5.56. The van der Waals surface area contributed by atoms with Gasteiger partial charge in [-0.2, -0.15) is 0 Å². The predicted molar refractivity (Wildman–Crippen MR) is 63.9 cm³/mol. The molecule has 6 heteroatoms. The van der Waals surface area contributed by atoms with Gasteiger partial charge in [0.25, 0.3) is 0 Å². The molecule has 0 aromatic carbocycles. The van der Waals surface area contributed by atoms with E-state index in [1.165, 1.54) is 0 Å². The topological polar surface area (TPSA) is 75.4 Å². The molecule has 0 spiro atoms. The molecule has 0 radical (unpaired) electrons. The van der Waals surface area contributed by atoms with Crippen LogP contribution < -0.4 is 5.32 Å². The van der Waals surface area contributed by atoms with Crippen LogP contribution in [-0.4, -0.2) is 28.8 Å². The SMILES string of the molecule is Cc1noc(Cl)c1CCC(=O)NCCC(C)O. The van der Waals surface area contributed by atoms with Crippen LogP contribution >= 0.6 is 11.6 Å². The molecule has 0 aliphatic rings. The Morgan fingerprint density at radius 2 is 2.35 bits per heavy atom. The van der Waals surface area contributed by atoms with Crippen LogP contribution in [-0.2, 0) is 11.2 Å². The van der Waals surface area contributed by atoms with Gasteiger partial charge >= 0.3 is 0 Å². The smallest absolute Gasteiger partial charge is 0.229 e. The summed E-state index contributed by atoms with van der Waals surface area (Å²) in [6.07, 6.45) is 1.000. The lowest BCUT2D eigenvalue weighted by atomic mass is 10.1. The first-order chi connectivity index (χ1) is 8.00. The van der Waals surface area contributed by atoms with Gasteiger partial charge in [-0.3, -0.25) is 4.79 Å². The van der Waals surface area contributed by atoms with Gasteiger partial charge in [0.1, 0.15) is 0 Å². The maximum atomic E-state index is 11.5. The van der Waals surface area contributed by atoms with Crippen molar-refractivity contribution in [2.45, 2.75) is 39.2 Å². The van der Waals surface area contributed by atoms with Gasteiger partial charge in [0, 0.05) is 18.5 Å². The molecule has 0 aliphatic heterocycles. The van der Waals surface area contributed by atoms with Crippen LogP contribution in [0.4, 0.5) is 0 Å². The molecule has 1 amide bonds. The van der Waals surface area contributed by atoms with E-state index in [0.717, 1.165) is 5.56 Å². The number of amides is 1. The van der Waals surface area contributed by atoms with E-state index in [4.69, 9.17) is 21.2 Å². The second kappa shape index (κ2) is 6.61. The lowest BCUT2D eigenvalue weighted by Crippen LogP contribution is -2.26. The number of aromatic nitrogens is 1. The first-order valence-corrected chi connectivity index (χ1v) is 5.94. The third-order valence-corrected chi connectivity index (χ3v) is 2.72. The lowest BCUT2D eigenvalue weighted by molar-refractivity contribution is -0.121. The Labute approximate surface area is 105 Å². The van der Waals surface area contributed by atoms with Gasteiger partial charge in [0.05, 0.1) is 11.8 Å². The summed E-state index contributed by atoms with van der Waals surface area (Å²) in [6.45, 7) is 3.95. The monoisotopic (exact) mass is 260 g/mol. The highest BCUT2D eigenvalue weighted by molar-refractivity contribution is 6.29. The summed E-state index contributed by atoms with van der Waals surface area (Å²) in [4.78, 5) is 11.5. The number of halogens is 1. The number of aliphatic hydroxyl groups excluding tert-OH is 1. The largest absolute Gasteiger partial charge is 0.393 e.